The van der Waals surface area contributed by atoms with Gasteiger partial charge in [0.25, 0.3) is 0 Å². The van der Waals surface area contributed by atoms with Gasteiger partial charge < -0.3 is 14.5 Å². The molecule has 2 aliphatic rings. The minimum absolute atomic E-state index is 0.155. The predicted octanol–water partition coefficient (Wildman–Crippen LogP) is 1.94. The number of rotatable bonds is 4. The van der Waals surface area contributed by atoms with Gasteiger partial charge in [-0.1, -0.05) is 30.3 Å². The van der Waals surface area contributed by atoms with Gasteiger partial charge in [-0.2, -0.15) is 4.98 Å². The Hall–Kier alpha value is -2.63. The second-order valence-electron chi connectivity index (χ2n) is 6.57. The molecule has 1 amide bonds. The van der Waals surface area contributed by atoms with Gasteiger partial charge in [-0.25, -0.2) is 4.98 Å². The molecule has 0 N–H and O–H groups in total. The van der Waals surface area contributed by atoms with Gasteiger partial charge in [-0.15, -0.1) is 0 Å². The monoisotopic (exact) mass is 338 g/mol. The molecule has 6 nitrogen and oxygen atoms in total. The SMILES string of the molecule is COc1ccnc(N2CCN(C(=O)[C@H]3C[C@@H]3c3ccccc3)CC2)n1. The van der Waals surface area contributed by atoms with Gasteiger partial charge >= 0.3 is 0 Å². The van der Waals surface area contributed by atoms with Crippen LogP contribution in [0.3, 0.4) is 0 Å². The number of methoxy groups -OCH3 is 1. The molecule has 2 fully saturated rings. The predicted molar refractivity (Wildman–Crippen MR) is 94.7 cm³/mol. The molecule has 4 rings (SSSR count). The number of hydrogen-bond donors (Lipinski definition) is 0. The van der Waals surface area contributed by atoms with E-state index in [-0.39, 0.29) is 5.92 Å². The fourth-order valence-electron chi connectivity index (χ4n) is 3.50. The molecule has 0 bridgehead atoms. The summed E-state index contributed by atoms with van der Waals surface area (Å²) in [7, 11) is 1.60. The van der Waals surface area contributed by atoms with Crippen molar-refractivity contribution in [1.82, 2.24) is 14.9 Å². The Morgan fingerprint density at radius 2 is 1.88 bits per heavy atom. The van der Waals surface area contributed by atoms with Crippen molar-refractivity contribution in [1.29, 1.82) is 0 Å². The Balaban J connectivity index is 1.34. The summed E-state index contributed by atoms with van der Waals surface area (Å²) >= 11 is 0. The molecule has 2 heterocycles. The van der Waals surface area contributed by atoms with Crippen LogP contribution in [-0.2, 0) is 4.79 Å². The Labute approximate surface area is 147 Å². The molecular formula is C19H22N4O2. The quantitative estimate of drug-likeness (QED) is 0.853. The van der Waals surface area contributed by atoms with Gasteiger partial charge in [0, 0.05) is 44.4 Å². The number of nitrogens with zero attached hydrogens (tertiary/aromatic N) is 4. The molecule has 2 atom stereocenters. The van der Waals surface area contributed by atoms with E-state index < -0.39 is 0 Å². The van der Waals surface area contributed by atoms with Crippen LogP contribution < -0.4 is 9.64 Å². The molecule has 25 heavy (non-hydrogen) atoms. The second-order valence-corrected chi connectivity index (χ2v) is 6.57. The lowest BCUT2D eigenvalue weighted by Crippen LogP contribution is -2.49. The molecule has 0 spiro atoms. The van der Waals surface area contributed by atoms with E-state index in [9.17, 15) is 4.79 Å². The maximum absolute atomic E-state index is 12.7. The molecule has 1 saturated heterocycles. The summed E-state index contributed by atoms with van der Waals surface area (Å²) in [6.45, 7) is 2.94. The van der Waals surface area contributed by atoms with E-state index in [2.05, 4.69) is 27.0 Å². The highest BCUT2D eigenvalue weighted by molar-refractivity contribution is 5.83. The minimum Gasteiger partial charge on any atom is -0.481 e. The third-order valence-electron chi connectivity index (χ3n) is 5.04. The molecule has 1 aliphatic heterocycles. The average molecular weight is 338 g/mol. The highest BCUT2D eigenvalue weighted by Crippen LogP contribution is 2.48. The number of carbonyl (C=O) groups is 1. The van der Waals surface area contributed by atoms with E-state index >= 15 is 0 Å². The van der Waals surface area contributed by atoms with E-state index in [1.54, 1.807) is 19.4 Å². The summed E-state index contributed by atoms with van der Waals surface area (Å²) in [5.74, 6) is 2.07. The molecule has 0 radical (unpaired) electrons. The van der Waals surface area contributed by atoms with Crippen LogP contribution in [0.4, 0.5) is 5.95 Å². The molecule has 1 aliphatic carbocycles. The average Bonchev–Trinajstić information content (AvgIpc) is 3.49. The normalized spacial score (nSPS) is 22.6. The topological polar surface area (TPSA) is 58.6 Å². The van der Waals surface area contributed by atoms with E-state index in [4.69, 9.17) is 4.74 Å². The first-order chi connectivity index (χ1) is 12.3. The van der Waals surface area contributed by atoms with Crippen LogP contribution in [0.25, 0.3) is 0 Å². The number of aromatic nitrogens is 2. The van der Waals surface area contributed by atoms with Crippen LogP contribution in [0.1, 0.15) is 17.9 Å². The van der Waals surface area contributed by atoms with Crippen molar-refractivity contribution in [3.05, 3.63) is 48.2 Å². The molecule has 2 aromatic rings. The maximum Gasteiger partial charge on any atom is 0.228 e. The van der Waals surface area contributed by atoms with Crippen LogP contribution in [0.5, 0.6) is 5.88 Å². The van der Waals surface area contributed by atoms with E-state index in [0.29, 0.717) is 23.7 Å². The zero-order valence-corrected chi connectivity index (χ0v) is 14.3. The van der Waals surface area contributed by atoms with Crippen molar-refractivity contribution in [2.24, 2.45) is 5.92 Å². The van der Waals surface area contributed by atoms with E-state index in [1.807, 2.05) is 23.1 Å². The van der Waals surface area contributed by atoms with Gasteiger partial charge in [0.05, 0.1) is 7.11 Å². The standard InChI is InChI=1S/C19H22N4O2/c1-25-17-7-8-20-19(21-17)23-11-9-22(10-12-23)18(24)16-13-15(16)14-5-3-2-4-6-14/h2-8,15-16H,9-13H2,1H3/t15-,16+/m1/s1. The molecular weight excluding hydrogens is 316 g/mol. The largest absolute Gasteiger partial charge is 0.481 e. The lowest BCUT2D eigenvalue weighted by atomic mass is 10.1. The lowest BCUT2D eigenvalue weighted by molar-refractivity contribution is -0.133. The summed E-state index contributed by atoms with van der Waals surface area (Å²) < 4.78 is 5.16. The highest BCUT2D eigenvalue weighted by Gasteiger charge is 2.46. The van der Waals surface area contributed by atoms with E-state index in [1.165, 1.54) is 5.56 Å². The first-order valence-electron chi connectivity index (χ1n) is 8.72. The van der Waals surface area contributed by atoms with Gasteiger partial charge in [0.1, 0.15) is 0 Å². The van der Waals surface area contributed by atoms with Crippen LogP contribution in [0.2, 0.25) is 0 Å². The molecule has 1 aromatic heterocycles. The Morgan fingerprint density at radius 3 is 2.60 bits per heavy atom. The Morgan fingerprint density at radius 1 is 1.12 bits per heavy atom. The summed E-state index contributed by atoms with van der Waals surface area (Å²) in [6, 6.07) is 12.1. The lowest BCUT2D eigenvalue weighted by Gasteiger charge is -2.35. The summed E-state index contributed by atoms with van der Waals surface area (Å²) in [5, 5.41) is 0. The molecule has 6 heteroatoms. The fraction of sp³-hybridized carbons (Fsp3) is 0.421. The van der Waals surface area contributed by atoms with Crippen LogP contribution in [-0.4, -0.2) is 54.1 Å². The third kappa shape index (κ3) is 3.29. The minimum atomic E-state index is 0.155. The summed E-state index contributed by atoms with van der Waals surface area (Å²) in [6.07, 6.45) is 2.68. The number of amides is 1. The van der Waals surface area contributed by atoms with Gasteiger partial charge in [-0.05, 0) is 17.9 Å². The van der Waals surface area contributed by atoms with Crippen molar-refractivity contribution >= 4 is 11.9 Å². The fourth-order valence-corrected chi connectivity index (χ4v) is 3.50. The first-order valence-corrected chi connectivity index (χ1v) is 8.72. The number of carbonyl (C=O) groups excluding carboxylic acids is 1. The van der Waals surface area contributed by atoms with Crippen molar-refractivity contribution < 1.29 is 9.53 Å². The number of anilines is 1. The zero-order valence-electron chi connectivity index (χ0n) is 14.3. The van der Waals surface area contributed by atoms with Gasteiger partial charge in [0.2, 0.25) is 17.7 Å². The van der Waals surface area contributed by atoms with Crippen LogP contribution in [0.15, 0.2) is 42.6 Å². The molecule has 1 saturated carbocycles. The number of ether oxygens (including phenoxy) is 1. The molecule has 0 unspecified atom stereocenters. The highest BCUT2D eigenvalue weighted by atomic mass is 16.5. The molecule has 130 valence electrons. The summed E-state index contributed by atoms with van der Waals surface area (Å²) in [5.41, 5.74) is 1.28. The zero-order chi connectivity index (χ0) is 17.2. The van der Waals surface area contributed by atoms with Crippen molar-refractivity contribution in [3.8, 4) is 5.88 Å². The Bertz CT molecular complexity index is 744. The van der Waals surface area contributed by atoms with E-state index in [0.717, 1.165) is 32.6 Å². The first kappa shape index (κ1) is 15.9. The molecule has 1 aromatic carbocycles. The Kier molecular flexibility index (Phi) is 4.26. The second kappa shape index (κ2) is 6.70. The number of hydrogen-bond acceptors (Lipinski definition) is 5. The van der Waals surface area contributed by atoms with Crippen molar-refractivity contribution in [2.75, 3.05) is 38.2 Å². The summed E-state index contributed by atoms with van der Waals surface area (Å²) in [4.78, 5) is 25.5. The van der Waals surface area contributed by atoms with Crippen molar-refractivity contribution in [3.63, 3.8) is 0 Å². The van der Waals surface area contributed by atoms with Crippen molar-refractivity contribution in [2.45, 2.75) is 12.3 Å². The van der Waals surface area contributed by atoms with Crippen LogP contribution in [0, 0.1) is 5.92 Å². The van der Waals surface area contributed by atoms with Gasteiger partial charge in [-0.3, -0.25) is 4.79 Å². The number of piperazine rings is 1. The smallest absolute Gasteiger partial charge is 0.228 e. The number of benzene rings is 1. The van der Waals surface area contributed by atoms with Gasteiger partial charge in [0.15, 0.2) is 0 Å². The third-order valence-corrected chi connectivity index (χ3v) is 5.04. The van der Waals surface area contributed by atoms with Crippen LogP contribution >= 0.6 is 0 Å². The maximum atomic E-state index is 12.7.